The summed E-state index contributed by atoms with van der Waals surface area (Å²) in [7, 11) is 3.35. The number of benzene rings is 1. The maximum Gasteiger partial charge on any atom is 0.165 e. The van der Waals surface area contributed by atoms with E-state index in [1.54, 1.807) is 14.2 Å². The Balaban J connectivity index is 2.37. The van der Waals surface area contributed by atoms with Gasteiger partial charge in [-0.1, -0.05) is 12.1 Å². The lowest BCUT2D eigenvalue weighted by Gasteiger charge is -2.32. The molecule has 1 aliphatic rings. The topological polar surface area (TPSA) is 47.7 Å². The fourth-order valence-corrected chi connectivity index (χ4v) is 3.03. The summed E-state index contributed by atoms with van der Waals surface area (Å²) in [4.78, 5) is 2.47. The molecular weight excluding hydrogens is 240 g/mol. The van der Waals surface area contributed by atoms with E-state index in [0.717, 1.165) is 23.6 Å². The molecule has 1 heterocycles. The highest BCUT2D eigenvalue weighted by Gasteiger charge is 2.30. The molecule has 0 aromatic heterocycles. The Bertz CT molecular complexity index is 423. The van der Waals surface area contributed by atoms with Gasteiger partial charge >= 0.3 is 0 Å². The molecule has 1 aromatic rings. The number of methoxy groups -OCH3 is 2. The van der Waals surface area contributed by atoms with E-state index in [9.17, 15) is 0 Å². The SMILES string of the molecule is COc1cccc(C(CN)N2CCCC2C)c1OC. The van der Waals surface area contributed by atoms with Crippen molar-refractivity contribution in [3.8, 4) is 11.5 Å². The molecule has 0 aliphatic carbocycles. The number of hydrogen-bond donors (Lipinski definition) is 1. The molecule has 0 bridgehead atoms. The highest BCUT2D eigenvalue weighted by Crippen LogP contribution is 2.38. The van der Waals surface area contributed by atoms with Gasteiger partial charge in [-0.15, -0.1) is 0 Å². The van der Waals surface area contributed by atoms with Crippen molar-refractivity contribution >= 4 is 0 Å². The van der Waals surface area contributed by atoms with Gasteiger partial charge in [0.25, 0.3) is 0 Å². The normalized spacial score (nSPS) is 21.4. The van der Waals surface area contributed by atoms with Gasteiger partial charge in [-0.2, -0.15) is 0 Å². The third-order valence-corrected chi connectivity index (χ3v) is 4.02. The van der Waals surface area contributed by atoms with Crippen molar-refractivity contribution < 1.29 is 9.47 Å². The van der Waals surface area contributed by atoms with E-state index in [4.69, 9.17) is 15.2 Å². The first-order valence-electron chi connectivity index (χ1n) is 6.89. The second-order valence-electron chi connectivity index (χ2n) is 5.06. The molecule has 0 saturated carbocycles. The minimum Gasteiger partial charge on any atom is -0.493 e. The van der Waals surface area contributed by atoms with E-state index in [-0.39, 0.29) is 6.04 Å². The Labute approximate surface area is 115 Å². The lowest BCUT2D eigenvalue weighted by atomic mass is 10.0. The summed E-state index contributed by atoms with van der Waals surface area (Å²) in [6, 6.07) is 6.78. The van der Waals surface area contributed by atoms with Crippen LogP contribution in [0.15, 0.2) is 18.2 Å². The summed E-state index contributed by atoms with van der Waals surface area (Å²) in [5, 5.41) is 0. The second-order valence-corrected chi connectivity index (χ2v) is 5.06. The molecule has 2 rings (SSSR count). The molecule has 4 heteroatoms. The molecule has 2 unspecified atom stereocenters. The van der Waals surface area contributed by atoms with E-state index in [0.29, 0.717) is 12.6 Å². The van der Waals surface area contributed by atoms with Crippen molar-refractivity contribution in [1.82, 2.24) is 4.90 Å². The molecule has 1 saturated heterocycles. The van der Waals surface area contributed by atoms with Crippen molar-refractivity contribution in [2.24, 2.45) is 5.73 Å². The predicted octanol–water partition coefficient (Wildman–Crippen LogP) is 2.19. The molecule has 0 amide bonds. The average molecular weight is 264 g/mol. The number of likely N-dealkylation sites (tertiary alicyclic amines) is 1. The molecular formula is C15H24N2O2. The fourth-order valence-electron chi connectivity index (χ4n) is 3.03. The highest BCUT2D eigenvalue weighted by atomic mass is 16.5. The van der Waals surface area contributed by atoms with Gasteiger partial charge in [-0.3, -0.25) is 4.90 Å². The van der Waals surface area contributed by atoms with Crippen LogP contribution in [0, 0.1) is 0 Å². The number of nitrogens with two attached hydrogens (primary N) is 1. The van der Waals surface area contributed by atoms with E-state index >= 15 is 0 Å². The molecule has 2 N–H and O–H groups in total. The minimum atomic E-state index is 0.197. The van der Waals surface area contributed by atoms with E-state index in [2.05, 4.69) is 17.9 Å². The van der Waals surface area contributed by atoms with Gasteiger partial charge in [0.15, 0.2) is 11.5 Å². The molecule has 0 spiro atoms. The highest BCUT2D eigenvalue weighted by molar-refractivity contribution is 5.48. The quantitative estimate of drug-likeness (QED) is 0.885. The number of ether oxygens (including phenoxy) is 2. The molecule has 1 fully saturated rings. The van der Waals surface area contributed by atoms with Crippen molar-refractivity contribution in [1.29, 1.82) is 0 Å². The van der Waals surface area contributed by atoms with Gasteiger partial charge in [-0.25, -0.2) is 0 Å². The monoisotopic (exact) mass is 264 g/mol. The van der Waals surface area contributed by atoms with Gasteiger partial charge in [0.1, 0.15) is 0 Å². The largest absolute Gasteiger partial charge is 0.493 e. The number of para-hydroxylation sites is 1. The van der Waals surface area contributed by atoms with Gasteiger partial charge in [-0.05, 0) is 32.4 Å². The third kappa shape index (κ3) is 2.69. The molecule has 4 nitrogen and oxygen atoms in total. The van der Waals surface area contributed by atoms with Crippen LogP contribution in [0.5, 0.6) is 11.5 Å². The minimum absolute atomic E-state index is 0.197. The molecule has 2 atom stereocenters. The van der Waals surface area contributed by atoms with Crippen LogP contribution in [0.25, 0.3) is 0 Å². The van der Waals surface area contributed by atoms with Crippen molar-refractivity contribution in [3.63, 3.8) is 0 Å². The zero-order chi connectivity index (χ0) is 13.8. The number of nitrogens with zero attached hydrogens (tertiary/aromatic N) is 1. The van der Waals surface area contributed by atoms with Gasteiger partial charge in [0.2, 0.25) is 0 Å². The lowest BCUT2D eigenvalue weighted by Crippen LogP contribution is -2.36. The Morgan fingerprint density at radius 1 is 1.37 bits per heavy atom. The summed E-state index contributed by atoms with van der Waals surface area (Å²) in [6.45, 7) is 3.96. The standard InChI is InChI=1S/C15H24N2O2/c1-11-6-5-9-17(11)13(10-16)12-7-4-8-14(18-2)15(12)19-3/h4,7-8,11,13H,5-6,9-10,16H2,1-3H3. The van der Waals surface area contributed by atoms with Crippen LogP contribution < -0.4 is 15.2 Å². The second kappa shape index (κ2) is 6.26. The van der Waals surface area contributed by atoms with E-state index < -0.39 is 0 Å². The summed E-state index contributed by atoms with van der Waals surface area (Å²) in [5.74, 6) is 1.57. The average Bonchev–Trinajstić information content (AvgIpc) is 2.85. The predicted molar refractivity (Wildman–Crippen MR) is 76.7 cm³/mol. The van der Waals surface area contributed by atoms with E-state index in [1.807, 2.05) is 12.1 Å². The van der Waals surface area contributed by atoms with Gasteiger partial charge in [0, 0.05) is 18.2 Å². The van der Waals surface area contributed by atoms with Crippen LogP contribution in [0.1, 0.15) is 31.4 Å². The summed E-state index contributed by atoms with van der Waals surface area (Å²) in [5.41, 5.74) is 7.15. The maximum atomic E-state index is 6.02. The first-order chi connectivity index (χ1) is 9.22. The van der Waals surface area contributed by atoms with Crippen LogP contribution in [0.4, 0.5) is 0 Å². The van der Waals surface area contributed by atoms with Crippen LogP contribution in [0.2, 0.25) is 0 Å². The Hall–Kier alpha value is -1.26. The van der Waals surface area contributed by atoms with Crippen LogP contribution >= 0.6 is 0 Å². The Morgan fingerprint density at radius 3 is 2.68 bits per heavy atom. The Kier molecular flexibility index (Phi) is 4.66. The number of hydrogen-bond acceptors (Lipinski definition) is 4. The van der Waals surface area contributed by atoms with Crippen molar-refractivity contribution in [3.05, 3.63) is 23.8 Å². The van der Waals surface area contributed by atoms with Gasteiger partial charge < -0.3 is 15.2 Å². The zero-order valence-corrected chi connectivity index (χ0v) is 12.1. The van der Waals surface area contributed by atoms with Crippen LogP contribution in [0.3, 0.4) is 0 Å². The fraction of sp³-hybridized carbons (Fsp3) is 0.600. The molecule has 19 heavy (non-hydrogen) atoms. The molecule has 106 valence electrons. The Morgan fingerprint density at radius 2 is 2.16 bits per heavy atom. The number of rotatable bonds is 5. The van der Waals surface area contributed by atoms with Crippen molar-refractivity contribution in [2.75, 3.05) is 27.3 Å². The third-order valence-electron chi connectivity index (χ3n) is 4.02. The first-order valence-corrected chi connectivity index (χ1v) is 6.89. The van der Waals surface area contributed by atoms with Crippen molar-refractivity contribution in [2.45, 2.75) is 31.8 Å². The lowest BCUT2D eigenvalue weighted by molar-refractivity contribution is 0.191. The summed E-state index contributed by atoms with van der Waals surface area (Å²) < 4.78 is 10.9. The van der Waals surface area contributed by atoms with Crippen LogP contribution in [-0.4, -0.2) is 38.3 Å². The molecule has 0 radical (unpaired) electrons. The van der Waals surface area contributed by atoms with Gasteiger partial charge in [0.05, 0.1) is 20.3 Å². The zero-order valence-electron chi connectivity index (χ0n) is 12.1. The molecule has 1 aliphatic heterocycles. The smallest absolute Gasteiger partial charge is 0.165 e. The van der Waals surface area contributed by atoms with E-state index in [1.165, 1.54) is 12.8 Å². The summed E-state index contributed by atoms with van der Waals surface area (Å²) >= 11 is 0. The first kappa shape index (κ1) is 14.2. The summed E-state index contributed by atoms with van der Waals surface area (Å²) in [6.07, 6.45) is 2.48. The maximum absolute atomic E-state index is 6.02. The van der Waals surface area contributed by atoms with Crippen LogP contribution in [-0.2, 0) is 0 Å². The molecule has 1 aromatic carbocycles.